The lowest BCUT2D eigenvalue weighted by atomic mass is 10.1. The third-order valence-electron chi connectivity index (χ3n) is 2.03. The number of nitrogens with zero attached hydrogens (tertiary/aromatic N) is 2. The summed E-state index contributed by atoms with van der Waals surface area (Å²) in [6.07, 6.45) is 2.44. The van der Waals surface area contributed by atoms with Crippen LogP contribution in [0.5, 0.6) is 5.75 Å². The van der Waals surface area contributed by atoms with Crippen molar-refractivity contribution in [2.75, 3.05) is 6.61 Å². The summed E-state index contributed by atoms with van der Waals surface area (Å²) < 4.78 is 7.50. The van der Waals surface area contributed by atoms with Crippen LogP contribution >= 0.6 is 38.5 Å². The first-order valence-corrected chi connectivity index (χ1v) is 7.13. The lowest BCUT2D eigenvalue weighted by Gasteiger charge is -2.11. The zero-order valence-corrected chi connectivity index (χ0v) is 13.4. The van der Waals surface area contributed by atoms with Crippen molar-refractivity contribution in [3.05, 3.63) is 31.3 Å². The Bertz CT molecular complexity index is 539. The molecule has 0 unspecified atom stereocenters. The average molecular weight is 417 g/mol. The molecule has 5 heteroatoms. The molecule has 0 fully saturated rings. The third-order valence-corrected chi connectivity index (χ3v) is 3.29. The van der Waals surface area contributed by atoms with Gasteiger partial charge in [-0.25, -0.2) is 0 Å². The number of nitriles is 2. The van der Waals surface area contributed by atoms with E-state index in [1.54, 1.807) is 0 Å². The maximum atomic E-state index is 8.80. The van der Waals surface area contributed by atoms with Gasteiger partial charge in [0, 0.05) is 10.0 Å². The standard InChI is InChI=1S/C13H10BrIN2O/c1-2-3-18-13-10(4-9(7-16)8-17)5-11(14)6-12(13)15/h4-6H,2-3H2,1H3. The summed E-state index contributed by atoms with van der Waals surface area (Å²) in [6, 6.07) is 7.47. The Balaban J connectivity index is 3.29. The summed E-state index contributed by atoms with van der Waals surface area (Å²) in [7, 11) is 0. The first-order chi connectivity index (χ1) is 8.62. The highest BCUT2D eigenvalue weighted by atomic mass is 127. The molecule has 3 nitrogen and oxygen atoms in total. The van der Waals surface area contributed by atoms with Crippen LogP contribution in [-0.2, 0) is 0 Å². The van der Waals surface area contributed by atoms with Crippen molar-refractivity contribution in [1.29, 1.82) is 10.5 Å². The molecule has 1 aromatic rings. The van der Waals surface area contributed by atoms with E-state index < -0.39 is 0 Å². The largest absolute Gasteiger partial charge is 0.492 e. The fraction of sp³-hybridized carbons (Fsp3) is 0.231. The Kier molecular flexibility index (Phi) is 6.17. The molecule has 0 spiro atoms. The second-order valence-corrected chi connectivity index (χ2v) is 5.51. The molecule has 0 N–H and O–H groups in total. The van der Waals surface area contributed by atoms with E-state index in [2.05, 4.69) is 38.5 Å². The van der Waals surface area contributed by atoms with Crippen LogP contribution in [-0.4, -0.2) is 6.61 Å². The SMILES string of the molecule is CCCOc1c(I)cc(Br)cc1C=C(C#N)C#N. The topological polar surface area (TPSA) is 56.8 Å². The van der Waals surface area contributed by atoms with Crippen molar-refractivity contribution in [1.82, 2.24) is 0 Å². The second-order valence-electron chi connectivity index (χ2n) is 3.44. The normalized spacial score (nSPS) is 9.17. The quantitative estimate of drug-likeness (QED) is 0.543. The van der Waals surface area contributed by atoms with Gasteiger partial charge in [-0.2, -0.15) is 10.5 Å². The first kappa shape index (κ1) is 15.0. The summed E-state index contributed by atoms with van der Waals surface area (Å²) in [5.74, 6) is 0.712. The minimum Gasteiger partial charge on any atom is -0.492 e. The van der Waals surface area contributed by atoms with Crippen LogP contribution in [0.1, 0.15) is 18.9 Å². The van der Waals surface area contributed by atoms with Crippen molar-refractivity contribution >= 4 is 44.6 Å². The average Bonchev–Trinajstić information content (AvgIpc) is 2.34. The fourth-order valence-corrected chi connectivity index (χ4v) is 3.00. The lowest BCUT2D eigenvalue weighted by molar-refractivity contribution is 0.314. The van der Waals surface area contributed by atoms with Gasteiger partial charge in [0.05, 0.1) is 10.2 Å². The molecular formula is C13H10BrIN2O. The number of benzene rings is 1. The molecule has 0 atom stereocenters. The van der Waals surface area contributed by atoms with E-state index in [0.717, 1.165) is 20.0 Å². The van der Waals surface area contributed by atoms with Gasteiger partial charge in [-0.15, -0.1) is 0 Å². The predicted molar refractivity (Wildman–Crippen MR) is 81.8 cm³/mol. The molecule has 0 aliphatic carbocycles. The van der Waals surface area contributed by atoms with Gasteiger partial charge >= 0.3 is 0 Å². The molecule has 1 aromatic carbocycles. The fourth-order valence-electron chi connectivity index (χ4n) is 1.29. The molecule has 0 saturated heterocycles. The lowest BCUT2D eigenvalue weighted by Crippen LogP contribution is -1.99. The van der Waals surface area contributed by atoms with E-state index in [-0.39, 0.29) is 5.57 Å². The van der Waals surface area contributed by atoms with E-state index in [1.807, 2.05) is 31.2 Å². The molecule has 0 saturated carbocycles. The minimum atomic E-state index is 0.0604. The van der Waals surface area contributed by atoms with Gasteiger partial charge in [-0.05, 0) is 47.2 Å². The number of halogens is 2. The molecule has 0 radical (unpaired) electrons. The van der Waals surface area contributed by atoms with E-state index in [1.165, 1.54) is 6.08 Å². The van der Waals surface area contributed by atoms with Crippen LogP contribution in [0.2, 0.25) is 0 Å². The molecular weight excluding hydrogens is 407 g/mol. The van der Waals surface area contributed by atoms with Gasteiger partial charge in [0.1, 0.15) is 23.5 Å². The van der Waals surface area contributed by atoms with Crippen molar-refractivity contribution in [2.45, 2.75) is 13.3 Å². The predicted octanol–water partition coefficient (Wildman–Crippen LogP) is 4.27. The van der Waals surface area contributed by atoms with Crippen molar-refractivity contribution in [3.63, 3.8) is 0 Å². The van der Waals surface area contributed by atoms with Crippen LogP contribution < -0.4 is 4.74 Å². The number of allylic oxidation sites excluding steroid dienone is 1. The number of ether oxygens (including phenoxy) is 1. The van der Waals surface area contributed by atoms with E-state index in [0.29, 0.717) is 12.4 Å². The summed E-state index contributed by atoms with van der Waals surface area (Å²) >= 11 is 5.57. The van der Waals surface area contributed by atoms with Gasteiger partial charge < -0.3 is 4.74 Å². The Hall–Kier alpha value is -1.05. The summed E-state index contributed by atoms with van der Waals surface area (Å²) in [4.78, 5) is 0. The summed E-state index contributed by atoms with van der Waals surface area (Å²) in [6.45, 7) is 2.63. The van der Waals surface area contributed by atoms with Gasteiger partial charge in [-0.3, -0.25) is 0 Å². The highest BCUT2D eigenvalue weighted by Gasteiger charge is 2.09. The molecule has 0 aromatic heterocycles. The highest BCUT2D eigenvalue weighted by molar-refractivity contribution is 14.1. The van der Waals surface area contributed by atoms with Crippen LogP contribution in [0.4, 0.5) is 0 Å². The molecule has 0 aliphatic rings. The minimum absolute atomic E-state index is 0.0604. The monoisotopic (exact) mass is 416 g/mol. The molecule has 1 rings (SSSR count). The Morgan fingerprint density at radius 1 is 1.44 bits per heavy atom. The number of hydrogen-bond donors (Lipinski definition) is 0. The highest BCUT2D eigenvalue weighted by Crippen LogP contribution is 2.31. The molecule has 0 bridgehead atoms. The second kappa shape index (κ2) is 7.40. The van der Waals surface area contributed by atoms with Crippen LogP contribution in [0.15, 0.2) is 22.2 Å². The van der Waals surface area contributed by atoms with Gasteiger partial charge in [0.15, 0.2) is 0 Å². The molecule has 92 valence electrons. The molecule has 0 aliphatic heterocycles. The zero-order valence-electron chi connectivity index (χ0n) is 9.70. The molecule has 0 amide bonds. The van der Waals surface area contributed by atoms with Gasteiger partial charge in [0.2, 0.25) is 0 Å². The van der Waals surface area contributed by atoms with Crippen LogP contribution in [0.25, 0.3) is 6.08 Å². The van der Waals surface area contributed by atoms with Crippen molar-refractivity contribution in [2.24, 2.45) is 0 Å². The van der Waals surface area contributed by atoms with E-state index >= 15 is 0 Å². The molecule has 18 heavy (non-hydrogen) atoms. The van der Waals surface area contributed by atoms with E-state index in [4.69, 9.17) is 15.3 Å². The summed E-state index contributed by atoms with van der Waals surface area (Å²) in [5, 5.41) is 17.6. The van der Waals surface area contributed by atoms with Crippen molar-refractivity contribution in [3.8, 4) is 17.9 Å². The maximum absolute atomic E-state index is 8.80. The zero-order chi connectivity index (χ0) is 13.5. The summed E-state index contributed by atoms with van der Waals surface area (Å²) in [5.41, 5.74) is 0.797. The number of hydrogen-bond acceptors (Lipinski definition) is 3. The smallest absolute Gasteiger partial charge is 0.139 e. The van der Waals surface area contributed by atoms with Crippen LogP contribution in [0.3, 0.4) is 0 Å². The third kappa shape index (κ3) is 4.01. The Labute approximate surface area is 128 Å². The molecule has 0 heterocycles. The van der Waals surface area contributed by atoms with E-state index in [9.17, 15) is 0 Å². The van der Waals surface area contributed by atoms with Gasteiger partial charge in [0.25, 0.3) is 0 Å². The van der Waals surface area contributed by atoms with Crippen LogP contribution in [0, 0.1) is 26.2 Å². The Morgan fingerprint density at radius 3 is 2.67 bits per heavy atom. The van der Waals surface area contributed by atoms with Gasteiger partial charge in [-0.1, -0.05) is 22.9 Å². The number of rotatable bonds is 4. The first-order valence-electron chi connectivity index (χ1n) is 5.26. The Morgan fingerprint density at radius 2 is 2.11 bits per heavy atom. The van der Waals surface area contributed by atoms with Crippen molar-refractivity contribution < 1.29 is 4.74 Å². The maximum Gasteiger partial charge on any atom is 0.139 e.